The van der Waals surface area contributed by atoms with E-state index in [-0.39, 0.29) is 17.5 Å². The molecule has 2 heteroatoms. The Morgan fingerprint density at radius 3 is 2.27 bits per heavy atom. The minimum Gasteiger partial charge on any atom is -0.300 e. The van der Waals surface area contributed by atoms with E-state index in [4.69, 9.17) is 0 Å². The molecule has 0 aliphatic rings. The summed E-state index contributed by atoms with van der Waals surface area (Å²) in [5, 5.41) is 0. The molecular weight excluding hydrogens is 140 g/mol. The summed E-state index contributed by atoms with van der Waals surface area (Å²) in [6.45, 7) is 5.17. The third kappa shape index (κ3) is 5.52. The van der Waals surface area contributed by atoms with Gasteiger partial charge in [-0.1, -0.05) is 19.9 Å². The van der Waals surface area contributed by atoms with Crippen LogP contribution >= 0.6 is 0 Å². The van der Waals surface area contributed by atoms with E-state index in [2.05, 4.69) is 0 Å². The lowest BCUT2D eigenvalue weighted by Gasteiger charge is -1.95. The molecule has 0 saturated carbocycles. The molecule has 0 spiro atoms. The molecule has 0 aromatic heterocycles. The van der Waals surface area contributed by atoms with Crippen LogP contribution < -0.4 is 0 Å². The maximum Gasteiger partial charge on any atom is 0.157 e. The fraction of sp³-hybridized carbons (Fsp3) is 0.556. The number of hydrogen-bond acceptors (Lipinski definition) is 2. The topological polar surface area (TPSA) is 34.1 Å². The van der Waals surface area contributed by atoms with Crippen LogP contribution in [-0.4, -0.2) is 11.6 Å². The molecule has 0 aliphatic carbocycles. The summed E-state index contributed by atoms with van der Waals surface area (Å²) < 4.78 is 0. The average Bonchev–Trinajstić information content (AvgIpc) is 1.86. The van der Waals surface area contributed by atoms with Gasteiger partial charge in [-0.15, -0.1) is 0 Å². The van der Waals surface area contributed by atoms with Gasteiger partial charge >= 0.3 is 0 Å². The molecule has 0 amide bonds. The Morgan fingerprint density at radius 2 is 1.91 bits per heavy atom. The summed E-state index contributed by atoms with van der Waals surface area (Å²) in [6.07, 6.45) is 3.45. The Bertz CT molecular complexity index is 178. The van der Waals surface area contributed by atoms with Crippen molar-refractivity contribution in [2.45, 2.75) is 27.2 Å². The van der Waals surface area contributed by atoms with Gasteiger partial charge in [-0.05, 0) is 13.0 Å². The molecule has 0 radical (unpaired) electrons. The normalized spacial score (nSPS) is 10.9. The van der Waals surface area contributed by atoms with Gasteiger partial charge in [0.1, 0.15) is 5.78 Å². The minimum atomic E-state index is 0.0261. The van der Waals surface area contributed by atoms with Crippen LogP contribution in [0.5, 0.6) is 0 Å². The highest BCUT2D eigenvalue weighted by atomic mass is 16.1. The van der Waals surface area contributed by atoms with E-state index in [1.54, 1.807) is 6.08 Å². The highest BCUT2D eigenvalue weighted by Crippen LogP contribution is 1.96. The van der Waals surface area contributed by atoms with Gasteiger partial charge < -0.3 is 0 Å². The van der Waals surface area contributed by atoms with Gasteiger partial charge in [0.2, 0.25) is 0 Å². The molecule has 0 heterocycles. The first-order valence-electron chi connectivity index (χ1n) is 3.74. The molecule has 2 nitrogen and oxygen atoms in total. The monoisotopic (exact) mass is 154 g/mol. The molecular formula is C9H14O2. The van der Waals surface area contributed by atoms with Crippen LogP contribution in [0.15, 0.2) is 12.2 Å². The molecule has 0 aliphatic heterocycles. The van der Waals surface area contributed by atoms with Crippen molar-refractivity contribution >= 4 is 11.6 Å². The van der Waals surface area contributed by atoms with Gasteiger partial charge in [-0.2, -0.15) is 0 Å². The van der Waals surface area contributed by atoms with E-state index in [1.165, 1.54) is 13.0 Å². The maximum atomic E-state index is 10.9. The molecule has 0 fully saturated rings. The van der Waals surface area contributed by atoms with E-state index in [0.29, 0.717) is 6.42 Å². The van der Waals surface area contributed by atoms with E-state index in [0.717, 1.165) is 0 Å². The van der Waals surface area contributed by atoms with Gasteiger partial charge in [-0.3, -0.25) is 9.59 Å². The Morgan fingerprint density at radius 1 is 1.36 bits per heavy atom. The third-order valence-electron chi connectivity index (χ3n) is 1.26. The molecule has 0 saturated heterocycles. The lowest BCUT2D eigenvalue weighted by molar-refractivity contribution is -0.117. The van der Waals surface area contributed by atoms with E-state index >= 15 is 0 Å². The second kappa shape index (κ2) is 4.83. The smallest absolute Gasteiger partial charge is 0.157 e. The molecule has 62 valence electrons. The van der Waals surface area contributed by atoms with Gasteiger partial charge in [0, 0.05) is 12.3 Å². The Hall–Kier alpha value is -0.920. The first-order chi connectivity index (χ1) is 5.04. The first-order valence-corrected chi connectivity index (χ1v) is 3.74. The van der Waals surface area contributed by atoms with Crippen molar-refractivity contribution in [2.24, 2.45) is 5.92 Å². The fourth-order valence-corrected chi connectivity index (χ4v) is 0.533. The summed E-state index contributed by atoms with van der Waals surface area (Å²) in [4.78, 5) is 21.4. The predicted octanol–water partition coefficient (Wildman–Crippen LogP) is 1.75. The highest BCUT2D eigenvalue weighted by molar-refractivity contribution is 5.91. The quantitative estimate of drug-likeness (QED) is 0.578. The number of Topliss-reactive ketones (excluding diaryl/α,β-unsaturated/α-hetero) is 1. The maximum absolute atomic E-state index is 10.9. The summed E-state index contributed by atoms with van der Waals surface area (Å²) >= 11 is 0. The van der Waals surface area contributed by atoms with Gasteiger partial charge in [0.25, 0.3) is 0 Å². The van der Waals surface area contributed by atoms with Crippen LogP contribution in [0.4, 0.5) is 0 Å². The largest absolute Gasteiger partial charge is 0.300 e. The number of ketones is 2. The number of allylic oxidation sites excluding steroid dienone is 2. The molecule has 0 aromatic rings. The van der Waals surface area contributed by atoms with Crippen LogP contribution in [0, 0.1) is 5.92 Å². The van der Waals surface area contributed by atoms with Crippen molar-refractivity contribution in [1.29, 1.82) is 0 Å². The van der Waals surface area contributed by atoms with Gasteiger partial charge in [0.15, 0.2) is 5.78 Å². The van der Waals surface area contributed by atoms with Crippen molar-refractivity contribution in [3.05, 3.63) is 12.2 Å². The SMILES string of the molecule is CC(=O)C/C=C/C(=O)C(C)C. The summed E-state index contributed by atoms with van der Waals surface area (Å²) in [6, 6.07) is 0. The van der Waals surface area contributed by atoms with Crippen molar-refractivity contribution in [1.82, 2.24) is 0 Å². The zero-order valence-corrected chi connectivity index (χ0v) is 7.26. The molecule has 0 N–H and O–H groups in total. The summed E-state index contributed by atoms with van der Waals surface area (Å²) in [7, 11) is 0. The van der Waals surface area contributed by atoms with Crippen molar-refractivity contribution in [3.63, 3.8) is 0 Å². The number of carbonyl (C=O) groups is 2. The highest BCUT2D eigenvalue weighted by Gasteiger charge is 2.00. The van der Waals surface area contributed by atoms with Crippen LogP contribution in [0.2, 0.25) is 0 Å². The van der Waals surface area contributed by atoms with Gasteiger partial charge in [0.05, 0.1) is 0 Å². The zero-order valence-electron chi connectivity index (χ0n) is 7.26. The average molecular weight is 154 g/mol. The molecule has 0 aromatic carbocycles. The Kier molecular flexibility index (Phi) is 4.42. The van der Waals surface area contributed by atoms with Crippen molar-refractivity contribution in [3.8, 4) is 0 Å². The van der Waals surface area contributed by atoms with Crippen molar-refractivity contribution in [2.75, 3.05) is 0 Å². The second-order valence-corrected chi connectivity index (χ2v) is 2.87. The van der Waals surface area contributed by atoms with E-state index in [9.17, 15) is 9.59 Å². The van der Waals surface area contributed by atoms with E-state index < -0.39 is 0 Å². The van der Waals surface area contributed by atoms with E-state index in [1.807, 2.05) is 13.8 Å². The molecule has 0 atom stereocenters. The number of hydrogen-bond donors (Lipinski definition) is 0. The fourth-order valence-electron chi connectivity index (χ4n) is 0.533. The molecule has 11 heavy (non-hydrogen) atoms. The van der Waals surface area contributed by atoms with Crippen molar-refractivity contribution < 1.29 is 9.59 Å². The van der Waals surface area contributed by atoms with Crippen LogP contribution in [-0.2, 0) is 9.59 Å². The standard InChI is InChI=1S/C9H14O2/c1-7(2)9(11)6-4-5-8(3)10/h4,6-7H,5H2,1-3H3/b6-4+. The number of rotatable bonds is 4. The van der Waals surface area contributed by atoms with Crippen LogP contribution in [0.3, 0.4) is 0 Å². The Balaban J connectivity index is 3.75. The third-order valence-corrected chi connectivity index (χ3v) is 1.26. The van der Waals surface area contributed by atoms with Crippen LogP contribution in [0.25, 0.3) is 0 Å². The minimum absolute atomic E-state index is 0.0261. The zero-order chi connectivity index (χ0) is 8.85. The predicted molar refractivity (Wildman–Crippen MR) is 44.3 cm³/mol. The summed E-state index contributed by atoms with van der Waals surface area (Å²) in [5.74, 6) is 0.183. The lowest BCUT2D eigenvalue weighted by Crippen LogP contribution is -2.02. The van der Waals surface area contributed by atoms with Gasteiger partial charge in [-0.25, -0.2) is 0 Å². The first kappa shape index (κ1) is 10.1. The summed E-state index contributed by atoms with van der Waals surface area (Å²) in [5.41, 5.74) is 0. The lowest BCUT2D eigenvalue weighted by atomic mass is 10.1. The van der Waals surface area contributed by atoms with Crippen LogP contribution in [0.1, 0.15) is 27.2 Å². The molecule has 0 rings (SSSR count). The number of carbonyl (C=O) groups excluding carboxylic acids is 2. The molecule has 0 unspecified atom stereocenters. The second-order valence-electron chi connectivity index (χ2n) is 2.87. The molecule has 0 bridgehead atoms. The Labute approximate surface area is 67.3 Å².